The van der Waals surface area contributed by atoms with E-state index in [2.05, 4.69) is 98.9 Å². The van der Waals surface area contributed by atoms with Crippen LogP contribution in [0, 0.1) is 0 Å². The lowest BCUT2D eigenvalue weighted by atomic mass is 10.0. The van der Waals surface area contributed by atoms with Crippen LogP contribution < -0.4 is 0 Å². The Balaban J connectivity index is 4.09. The Labute approximate surface area is 512 Å². The highest BCUT2D eigenvalue weighted by atomic mass is 16.7. The Kier molecular flexibility index (Phi) is 61.7. The van der Waals surface area contributed by atoms with Gasteiger partial charge >= 0.3 is 17.9 Å². The predicted octanol–water partition coefficient (Wildman–Crippen LogP) is 21.5. The van der Waals surface area contributed by atoms with Gasteiger partial charge in [-0.1, -0.05) is 292 Å². The van der Waals surface area contributed by atoms with Gasteiger partial charge in [-0.3, -0.25) is 9.59 Å². The number of allylic oxidation sites excluding steroid dienone is 14. The highest BCUT2D eigenvalue weighted by Crippen LogP contribution is 2.18. The van der Waals surface area contributed by atoms with E-state index in [4.69, 9.17) is 18.9 Å². The van der Waals surface area contributed by atoms with Crippen LogP contribution in [0.5, 0.6) is 0 Å². The number of rotatable bonds is 64. The Morgan fingerprint density at radius 2 is 0.687 bits per heavy atom. The van der Waals surface area contributed by atoms with E-state index in [1.165, 1.54) is 193 Å². The highest BCUT2D eigenvalue weighted by molar-refractivity contribution is 5.71. The van der Waals surface area contributed by atoms with Gasteiger partial charge in [0.05, 0.1) is 34.4 Å². The number of quaternary nitrogens is 1. The first-order valence-corrected chi connectivity index (χ1v) is 34.8. The Hall–Kier alpha value is -3.53. The lowest BCUT2D eigenvalue weighted by Crippen LogP contribution is -2.40. The van der Waals surface area contributed by atoms with Crippen molar-refractivity contribution >= 4 is 17.9 Å². The number of nitrogens with zero attached hydrogens (tertiary/aromatic N) is 1. The van der Waals surface area contributed by atoms with E-state index in [1.54, 1.807) is 0 Å². The van der Waals surface area contributed by atoms with E-state index in [0.29, 0.717) is 23.9 Å². The fraction of sp³-hybridized carbons (Fsp3) is 0.770. The van der Waals surface area contributed by atoms with E-state index < -0.39 is 24.3 Å². The molecule has 0 aromatic heterocycles. The van der Waals surface area contributed by atoms with E-state index in [9.17, 15) is 19.5 Å². The molecule has 480 valence electrons. The maximum absolute atomic E-state index is 12.9. The number of hydrogen-bond acceptors (Lipinski definition) is 7. The van der Waals surface area contributed by atoms with Crippen LogP contribution in [0.1, 0.15) is 309 Å². The zero-order valence-electron chi connectivity index (χ0n) is 54.8. The van der Waals surface area contributed by atoms with E-state index >= 15 is 0 Å². The van der Waals surface area contributed by atoms with Crippen LogP contribution in [0.15, 0.2) is 85.1 Å². The average Bonchev–Trinajstić information content (AvgIpc) is 3.46. The number of likely N-dealkylation sites (N-methyl/N-ethyl adjacent to an activating group) is 1. The number of carboxylic acid groups (broad SMARTS) is 1. The minimum atomic E-state index is -1.52. The van der Waals surface area contributed by atoms with Crippen LogP contribution in [-0.2, 0) is 33.3 Å². The molecule has 0 amide bonds. The maximum atomic E-state index is 12.9. The molecule has 1 N–H and O–H groups in total. The molecule has 0 heterocycles. The second-order valence-electron chi connectivity index (χ2n) is 24.5. The van der Waals surface area contributed by atoms with Crippen molar-refractivity contribution in [2.45, 2.75) is 322 Å². The van der Waals surface area contributed by atoms with E-state index in [-0.39, 0.29) is 32.2 Å². The number of carbonyl (C=O) groups excluding carboxylic acids is 2. The second-order valence-corrected chi connectivity index (χ2v) is 24.5. The number of carbonyl (C=O) groups is 3. The van der Waals surface area contributed by atoms with Crippen LogP contribution in [0.25, 0.3) is 0 Å². The first-order chi connectivity index (χ1) is 40.6. The molecule has 9 heteroatoms. The summed E-state index contributed by atoms with van der Waals surface area (Å²) in [4.78, 5) is 37.6. The van der Waals surface area contributed by atoms with Crippen molar-refractivity contribution in [1.82, 2.24) is 0 Å². The summed E-state index contributed by atoms with van der Waals surface area (Å²) in [7, 11) is 5.98. The molecule has 0 rings (SSSR count). The van der Waals surface area contributed by atoms with Crippen LogP contribution in [0.3, 0.4) is 0 Å². The van der Waals surface area contributed by atoms with Crippen molar-refractivity contribution in [3.05, 3.63) is 85.1 Å². The molecule has 2 atom stereocenters. The molecule has 2 unspecified atom stereocenters. The summed E-state index contributed by atoms with van der Waals surface area (Å²) < 4.78 is 23.0. The zero-order chi connectivity index (χ0) is 60.5. The summed E-state index contributed by atoms with van der Waals surface area (Å²) in [5, 5.41) is 9.74. The van der Waals surface area contributed by atoms with E-state index in [0.717, 1.165) is 83.5 Å². The van der Waals surface area contributed by atoms with Crippen molar-refractivity contribution in [1.29, 1.82) is 0 Å². The summed E-state index contributed by atoms with van der Waals surface area (Å²) in [6, 6.07) is 0. The zero-order valence-corrected chi connectivity index (χ0v) is 54.8. The minimum absolute atomic E-state index is 0.184. The monoisotopic (exact) mass is 1160 g/mol. The van der Waals surface area contributed by atoms with Gasteiger partial charge in [0.25, 0.3) is 6.29 Å². The van der Waals surface area contributed by atoms with E-state index in [1.807, 2.05) is 21.1 Å². The van der Waals surface area contributed by atoms with Crippen molar-refractivity contribution in [2.24, 2.45) is 0 Å². The van der Waals surface area contributed by atoms with Crippen LogP contribution in [-0.4, -0.2) is 87.4 Å². The molecule has 0 aromatic carbocycles. The van der Waals surface area contributed by atoms with Crippen LogP contribution >= 0.6 is 0 Å². The summed E-state index contributed by atoms with van der Waals surface area (Å²) in [6.07, 6.45) is 84.1. The molecule has 0 spiro atoms. The summed E-state index contributed by atoms with van der Waals surface area (Å²) >= 11 is 0. The number of esters is 2. The smallest absolute Gasteiger partial charge is 0.361 e. The molecule has 0 saturated heterocycles. The molecular formula is C74H132NO8+. The number of aliphatic carboxylic acids is 1. The third-order valence-electron chi connectivity index (χ3n) is 15.1. The van der Waals surface area contributed by atoms with Crippen LogP contribution in [0.4, 0.5) is 0 Å². The number of unbranched alkanes of at least 4 members (excludes halogenated alkanes) is 35. The average molecular weight is 1160 g/mol. The van der Waals surface area contributed by atoms with Gasteiger partial charge in [-0.15, -0.1) is 0 Å². The Bertz CT molecular complexity index is 1640. The Morgan fingerprint density at radius 3 is 1.02 bits per heavy atom. The predicted molar refractivity (Wildman–Crippen MR) is 355 cm³/mol. The van der Waals surface area contributed by atoms with Gasteiger partial charge in [0, 0.05) is 12.8 Å². The molecule has 0 aromatic rings. The van der Waals surface area contributed by atoms with Crippen molar-refractivity contribution in [3.63, 3.8) is 0 Å². The fourth-order valence-corrected chi connectivity index (χ4v) is 9.84. The van der Waals surface area contributed by atoms with Crippen molar-refractivity contribution < 1.29 is 42.9 Å². The molecule has 9 nitrogen and oxygen atoms in total. The summed E-state index contributed by atoms with van der Waals surface area (Å²) in [5.74, 6) is -2.00. The molecule has 0 saturated carbocycles. The third kappa shape index (κ3) is 65.9. The second kappa shape index (κ2) is 64.5. The normalized spacial score (nSPS) is 13.2. The molecule has 0 radical (unpaired) electrons. The number of carboxylic acids is 1. The van der Waals surface area contributed by atoms with Gasteiger partial charge in [-0.25, -0.2) is 4.79 Å². The largest absolute Gasteiger partial charge is 0.477 e. The Morgan fingerprint density at radius 1 is 0.373 bits per heavy atom. The number of ether oxygens (including phenoxy) is 4. The maximum Gasteiger partial charge on any atom is 0.361 e. The van der Waals surface area contributed by atoms with Gasteiger partial charge in [0.15, 0.2) is 6.10 Å². The molecule has 0 bridgehead atoms. The van der Waals surface area contributed by atoms with Gasteiger partial charge in [-0.2, -0.15) is 0 Å². The molecular weight excluding hydrogens is 1030 g/mol. The molecule has 0 aliphatic heterocycles. The topological polar surface area (TPSA) is 108 Å². The quantitative estimate of drug-likeness (QED) is 0.0211. The lowest BCUT2D eigenvalue weighted by Gasteiger charge is -2.25. The third-order valence-corrected chi connectivity index (χ3v) is 15.1. The highest BCUT2D eigenvalue weighted by Gasteiger charge is 2.25. The first-order valence-electron chi connectivity index (χ1n) is 34.8. The minimum Gasteiger partial charge on any atom is -0.477 e. The van der Waals surface area contributed by atoms with Gasteiger partial charge in [0.2, 0.25) is 0 Å². The summed E-state index contributed by atoms with van der Waals surface area (Å²) in [5.41, 5.74) is 0. The first kappa shape index (κ1) is 79.5. The summed E-state index contributed by atoms with van der Waals surface area (Å²) in [6.45, 7) is 4.78. The van der Waals surface area contributed by atoms with Gasteiger partial charge in [-0.05, 0) is 89.9 Å². The molecule has 0 aliphatic rings. The molecule has 83 heavy (non-hydrogen) atoms. The standard InChI is InChI=1S/C74H131NO8/c1-6-8-10-12-14-16-18-20-22-24-26-28-30-32-33-34-35-36-37-38-39-41-42-44-46-48-50-52-54-56-58-60-62-64-71(76)81-68-70(69-82-74(73(78)79)80-67-66-75(3,4)5)83-72(77)65-63-61-59-57-55-53-51-49-47-45-43-40-31-29-27-25-23-21-19-17-15-13-11-9-7-2/h9,11,15,17-18,20-21,23-24,26-27,29,40,43,70,74H,6-8,10,12-14,16,19,22,25,28,30-39,41-42,44-69H2,1-5H3/p+1/b11-9-,17-15-,20-18-,23-21-,26-24-,29-27-,43-40-. The van der Waals surface area contributed by atoms with Gasteiger partial charge in [0.1, 0.15) is 13.2 Å². The van der Waals surface area contributed by atoms with Crippen molar-refractivity contribution in [3.8, 4) is 0 Å². The lowest BCUT2D eigenvalue weighted by molar-refractivity contribution is -0.870. The SMILES string of the molecule is CC/C=C\C/C=C\C/C=C\C/C=C\C/C=C\CCCCCCCCCCCC(=O)OC(COC(=O)CCCCCCCCCCCCCCCCCCCCCCC/C=C\C/C=C\CCCCCCC)COC(OCC[N+](C)(C)C)C(=O)O. The molecule has 0 fully saturated rings. The fourth-order valence-electron chi connectivity index (χ4n) is 9.84. The molecule has 0 aliphatic carbocycles. The number of hydrogen-bond donors (Lipinski definition) is 1. The van der Waals surface area contributed by atoms with Crippen LogP contribution in [0.2, 0.25) is 0 Å². The van der Waals surface area contributed by atoms with Gasteiger partial charge < -0.3 is 28.5 Å². The van der Waals surface area contributed by atoms with Crippen molar-refractivity contribution in [2.75, 3.05) is 47.5 Å².